The van der Waals surface area contributed by atoms with E-state index < -0.39 is 0 Å². The number of aryl methyl sites for hydroxylation is 1. The lowest BCUT2D eigenvalue weighted by Crippen LogP contribution is -2.37. The van der Waals surface area contributed by atoms with Crippen molar-refractivity contribution in [3.8, 4) is 0 Å². The van der Waals surface area contributed by atoms with Crippen molar-refractivity contribution in [2.75, 3.05) is 0 Å². The highest BCUT2D eigenvalue weighted by molar-refractivity contribution is 5.60. The van der Waals surface area contributed by atoms with E-state index in [1.807, 2.05) is 0 Å². The molecule has 2 atom stereocenters. The molecule has 130 valence electrons. The quantitative estimate of drug-likeness (QED) is 0.401. The van der Waals surface area contributed by atoms with Crippen molar-refractivity contribution in [1.82, 2.24) is 0 Å². The summed E-state index contributed by atoms with van der Waals surface area (Å²) in [6, 6.07) is 4.95. The summed E-state index contributed by atoms with van der Waals surface area (Å²) in [6.45, 7) is 13.7. The van der Waals surface area contributed by atoms with Crippen LogP contribution in [-0.2, 0) is 12.8 Å². The van der Waals surface area contributed by atoms with Gasteiger partial charge in [-0.3, -0.25) is 0 Å². The van der Waals surface area contributed by atoms with Gasteiger partial charge in [-0.2, -0.15) is 0 Å². The van der Waals surface area contributed by atoms with Gasteiger partial charge in [-0.15, -0.1) is 0 Å². The fourth-order valence-electron chi connectivity index (χ4n) is 5.10. The van der Waals surface area contributed by atoms with Crippen molar-refractivity contribution < 1.29 is 0 Å². The number of fused-ring (bicyclic) bond motifs is 3. The fraction of sp³-hybridized carbons (Fsp3) is 0.583. The minimum atomic E-state index is 0.398. The molecule has 0 radical (unpaired) electrons. The van der Waals surface area contributed by atoms with Gasteiger partial charge in [-0.25, -0.2) is 0 Å². The zero-order chi connectivity index (χ0) is 17.3. The Morgan fingerprint density at radius 2 is 2.04 bits per heavy atom. The van der Waals surface area contributed by atoms with E-state index in [0.717, 1.165) is 5.92 Å². The maximum atomic E-state index is 4.15. The minimum absolute atomic E-state index is 0.398. The van der Waals surface area contributed by atoms with Crippen molar-refractivity contribution in [2.45, 2.75) is 78.6 Å². The van der Waals surface area contributed by atoms with E-state index in [-0.39, 0.29) is 0 Å². The molecule has 0 heterocycles. The predicted octanol–water partition coefficient (Wildman–Crippen LogP) is 7.08. The molecule has 1 aromatic rings. The monoisotopic (exact) mass is 322 g/mol. The molecule has 0 amide bonds. The summed E-state index contributed by atoms with van der Waals surface area (Å²) in [7, 11) is 0. The Morgan fingerprint density at radius 1 is 1.25 bits per heavy atom. The van der Waals surface area contributed by atoms with E-state index in [9.17, 15) is 0 Å². The zero-order valence-corrected chi connectivity index (χ0v) is 16.1. The third-order valence-corrected chi connectivity index (χ3v) is 6.38. The summed E-state index contributed by atoms with van der Waals surface area (Å²) < 4.78 is 0. The summed E-state index contributed by atoms with van der Waals surface area (Å²) in [5.41, 5.74) is 8.07. The summed E-state index contributed by atoms with van der Waals surface area (Å²) in [4.78, 5) is 0. The number of unbranched alkanes of at least 4 members (excludes halogenated alkanes) is 2. The molecule has 0 spiro atoms. The molecule has 3 rings (SSSR count). The van der Waals surface area contributed by atoms with Crippen molar-refractivity contribution in [3.63, 3.8) is 0 Å². The molecule has 0 fully saturated rings. The Bertz CT molecular complexity index is 644. The standard InChI is InChI=1S/C24H34/c1-6-8-9-10-18-14-19(7-2)23-20(15-18)16-24(4,5)22-12-11-17(3)13-21(22)23/h7,13-15,21-22H,2,6,8-12,16H2,1,3-5H3. The maximum absolute atomic E-state index is 4.15. The Hall–Kier alpha value is -1.30. The highest BCUT2D eigenvalue weighted by Gasteiger charge is 2.42. The van der Waals surface area contributed by atoms with Gasteiger partial charge in [0.1, 0.15) is 0 Å². The molecule has 0 saturated carbocycles. The summed E-state index contributed by atoms with van der Waals surface area (Å²) in [5, 5.41) is 0. The van der Waals surface area contributed by atoms with Gasteiger partial charge in [-0.1, -0.05) is 70.0 Å². The largest absolute Gasteiger partial charge is 0.0985 e. The van der Waals surface area contributed by atoms with Gasteiger partial charge < -0.3 is 0 Å². The fourth-order valence-corrected chi connectivity index (χ4v) is 5.10. The molecule has 24 heavy (non-hydrogen) atoms. The van der Waals surface area contributed by atoms with Gasteiger partial charge in [0.25, 0.3) is 0 Å². The third-order valence-electron chi connectivity index (χ3n) is 6.38. The molecule has 0 N–H and O–H groups in total. The summed E-state index contributed by atoms with van der Waals surface area (Å²) in [6.07, 6.45) is 13.7. The Labute approximate surface area is 149 Å². The van der Waals surface area contributed by atoms with Crippen molar-refractivity contribution in [2.24, 2.45) is 11.3 Å². The van der Waals surface area contributed by atoms with Crippen molar-refractivity contribution in [3.05, 3.63) is 52.6 Å². The highest BCUT2D eigenvalue weighted by atomic mass is 14.5. The van der Waals surface area contributed by atoms with Crippen LogP contribution in [0.4, 0.5) is 0 Å². The smallest absolute Gasteiger partial charge is 0.00628 e. The van der Waals surface area contributed by atoms with Crippen LogP contribution in [0.25, 0.3) is 6.08 Å². The van der Waals surface area contributed by atoms with Crippen LogP contribution in [0.15, 0.2) is 30.4 Å². The van der Waals surface area contributed by atoms with Crippen molar-refractivity contribution in [1.29, 1.82) is 0 Å². The zero-order valence-electron chi connectivity index (χ0n) is 16.1. The third kappa shape index (κ3) is 3.25. The molecule has 2 unspecified atom stereocenters. The van der Waals surface area contributed by atoms with E-state index in [2.05, 4.69) is 58.6 Å². The molecule has 2 aliphatic carbocycles. The number of rotatable bonds is 5. The minimum Gasteiger partial charge on any atom is -0.0985 e. The van der Waals surface area contributed by atoms with Crippen LogP contribution in [0.3, 0.4) is 0 Å². The molecular formula is C24H34. The highest BCUT2D eigenvalue weighted by Crippen LogP contribution is 2.53. The van der Waals surface area contributed by atoms with Crippen LogP contribution in [0.5, 0.6) is 0 Å². The lowest BCUT2D eigenvalue weighted by molar-refractivity contribution is 0.157. The number of benzene rings is 1. The summed E-state index contributed by atoms with van der Waals surface area (Å²) >= 11 is 0. The van der Waals surface area contributed by atoms with Gasteiger partial charge in [0.15, 0.2) is 0 Å². The first-order valence-electron chi connectivity index (χ1n) is 9.91. The lowest BCUT2D eigenvalue weighted by atomic mass is 9.57. The normalized spacial score (nSPS) is 24.8. The predicted molar refractivity (Wildman–Crippen MR) is 106 cm³/mol. The molecule has 0 aromatic heterocycles. The van der Waals surface area contributed by atoms with Crippen LogP contribution >= 0.6 is 0 Å². The molecule has 0 nitrogen and oxygen atoms in total. The molecule has 0 bridgehead atoms. The van der Waals surface area contributed by atoms with Crippen LogP contribution in [0.2, 0.25) is 0 Å². The average molecular weight is 323 g/mol. The average Bonchev–Trinajstić information content (AvgIpc) is 2.53. The maximum Gasteiger partial charge on any atom is 0.00628 e. The molecule has 0 aliphatic heterocycles. The topological polar surface area (TPSA) is 0 Å². The molecule has 0 saturated heterocycles. The van der Waals surface area contributed by atoms with Crippen molar-refractivity contribution >= 4 is 6.08 Å². The number of hydrogen-bond acceptors (Lipinski definition) is 0. The SMILES string of the molecule is C=Cc1cc(CCCCC)cc2c1C1C=C(C)CCC1C(C)(C)C2. The van der Waals surface area contributed by atoms with Gasteiger partial charge in [-0.05, 0) is 72.6 Å². The van der Waals surface area contributed by atoms with E-state index in [4.69, 9.17) is 0 Å². The second kappa shape index (κ2) is 6.90. The molecule has 1 aromatic carbocycles. The van der Waals surface area contributed by atoms with E-state index in [0.29, 0.717) is 11.3 Å². The summed E-state index contributed by atoms with van der Waals surface area (Å²) in [5.74, 6) is 1.37. The Balaban J connectivity index is 2.05. The lowest BCUT2D eigenvalue weighted by Gasteiger charge is -2.47. The molecular weight excluding hydrogens is 288 g/mol. The van der Waals surface area contributed by atoms with E-state index in [1.54, 1.807) is 16.7 Å². The van der Waals surface area contributed by atoms with Gasteiger partial charge >= 0.3 is 0 Å². The number of hydrogen-bond donors (Lipinski definition) is 0. The van der Waals surface area contributed by atoms with Crippen LogP contribution in [0.1, 0.15) is 88.0 Å². The van der Waals surface area contributed by atoms with Gasteiger partial charge in [0.05, 0.1) is 0 Å². The second-order valence-electron chi connectivity index (χ2n) is 8.77. The van der Waals surface area contributed by atoms with Crippen LogP contribution in [-0.4, -0.2) is 0 Å². The van der Waals surface area contributed by atoms with Gasteiger partial charge in [0.2, 0.25) is 0 Å². The first-order valence-corrected chi connectivity index (χ1v) is 9.91. The van der Waals surface area contributed by atoms with Gasteiger partial charge in [0, 0.05) is 5.92 Å². The van der Waals surface area contributed by atoms with E-state index >= 15 is 0 Å². The Morgan fingerprint density at radius 3 is 2.75 bits per heavy atom. The van der Waals surface area contributed by atoms with Crippen LogP contribution < -0.4 is 0 Å². The first kappa shape index (κ1) is 17.5. The second-order valence-corrected chi connectivity index (χ2v) is 8.77. The number of allylic oxidation sites excluding steroid dienone is 2. The molecule has 0 heteroatoms. The Kier molecular flexibility index (Phi) is 5.04. The first-order chi connectivity index (χ1) is 11.5. The van der Waals surface area contributed by atoms with Crippen LogP contribution in [0, 0.1) is 11.3 Å². The molecule has 2 aliphatic rings. The van der Waals surface area contributed by atoms with E-state index in [1.165, 1.54) is 56.1 Å².